The summed E-state index contributed by atoms with van der Waals surface area (Å²) < 4.78 is 5.62. The highest BCUT2D eigenvalue weighted by atomic mass is 32.1. The van der Waals surface area contributed by atoms with Crippen molar-refractivity contribution in [3.05, 3.63) is 57.1 Å². The van der Waals surface area contributed by atoms with E-state index >= 15 is 0 Å². The first kappa shape index (κ1) is 26.4. The number of aryl methyl sites for hydroxylation is 2. The van der Waals surface area contributed by atoms with Crippen molar-refractivity contribution in [1.82, 2.24) is 4.98 Å². The van der Waals surface area contributed by atoms with Gasteiger partial charge < -0.3 is 10.1 Å². The zero-order valence-electron chi connectivity index (χ0n) is 22.5. The van der Waals surface area contributed by atoms with Gasteiger partial charge in [-0.25, -0.2) is 4.79 Å². The quantitative estimate of drug-likeness (QED) is 0.281. The van der Waals surface area contributed by atoms with E-state index in [9.17, 15) is 14.9 Å². The van der Waals surface area contributed by atoms with E-state index in [-0.39, 0.29) is 5.41 Å². The maximum atomic E-state index is 13.6. The molecule has 5 rings (SSSR count). The summed E-state index contributed by atoms with van der Waals surface area (Å²) in [5.41, 5.74) is 5.02. The van der Waals surface area contributed by atoms with Crippen LogP contribution in [0.2, 0.25) is 0 Å². The van der Waals surface area contributed by atoms with Crippen molar-refractivity contribution in [2.45, 2.75) is 78.6 Å². The number of thiophene rings is 1. The van der Waals surface area contributed by atoms with Gasteiger partial charge in [0.15, 0.2) is 6.61 Å². The molecule has 0 saturated carbocycles. The second-order valence-electron chi connectivity index (χ2n) is 11.2. The standard InChI is InChI=1S/C31H35N3O3S/c1-4-31(2,3)19-14-15-25-22(16-19)28(21-11-8-9-12-24(21)33-25)30(36)37-18-27(35)34-29-23(17-32)20-10-6-5-7-13-26(20)38-29/h8-9,11-12,19H,4-7,10,13-16,18H2,1-3H3,(H,34,35). The monoisotopic (exact) mass is 529 g/mol. The van der Waals surface area contributed by atoms with Gasteiger partial charge in [0.2, 0.25) is 0 Å². The molecule has 1 aromatic carbocycles. The number of pyridine rings is 1. The fourth-order valence-electron chi connectivity index (χ4n) is 5.89. The molecule has 0 bridgehead atoms. The molecule has 2 heterocycles. The number of carbonyl (C=O) groups excluding carboxylic acids is 2. The van der Waals surface area contributed by atoms with Gasteiger partial charge in [-0.3, -0.25) is 9.78 Å². The number of nitrogens with one attached hydrogen (secondary N) is 1. The predicted octanol–water partition coefficient (Wildman–Crippen LogP) is 6.77. The van der Waals surface area contributed by atoms with Crippen molar-refractivity contribution >= 4 is 39.1 Å². The number of hydrogen-bond acceptors (Lipinski definition) is 6. The number of benzene rings is 1. The van der Waals surface area contributed by atoms with Gasteiger partial charge in [-0.05, 0) is 73.5 Å². The predicted molar refractivity (Wildman–Crippen MR) is 151 cm³/mol. The van der Waals surface area contributed by atoms with Crippen molar-refractivity contribution < 1.29 is 14.3 Å². The Kier molecular flexibility index (Phi) is 7.54. The number of fused-ring (bicyclic) bond motifs is 3. The summed E-state index contributed by atoms with van der Waals surface area (Å²) in [5.74, 6) is -0.479. The highest BCUT2D eigenvalue weighted by Crippen LogP contribution is 2.42. The van der Waals surface area contributed by atoms with E-state index in [4.69, 9.17) is 9.72 Å². The number of ether oxygens (including phenoxy) is 1. The lowest BCUT2D eigenvalue weighted by molar-refractivity contribution is -0.119. The van der Waals surface area contributed by atoms with E-state index in [1.807, 2.05) is 24.3 Å². The van der Waals surface area contributed by atoms with Gasteiger partial charge in [-0.15, -0.1) is 11.3 Å². The Morgan fingerprint density at radius 1 is 1.16 bits per heavy atom. The smallest absolute Gasteiger partial charge is 0.339 e. The fourth-order valence-corrected chi connectivity index (χ4v) is 7.15. The minimum atomic E-state index is -0.493. The number of anilines is 1. The highest BCUT2D eigenvalue weighted by Gasteiger charge is 2.34. The number of amides is 1. The van der Waals surface area contributed by atoms with Gasteiger partial charge in [0.25, 0.3) is 5.91 Å². The van der Waals surface area contributed by atoms with Crippen molar-refractivity contribution in [2.24, 2.45) is 11.3 Å². The highest BCUT2D eigenvalue weighted by molar-refractivity contribution is 7.16. The third kappa shape index (κ3) is 5.07. The third-order valence-electron chi connectivity index (χ3n) is 8.60. The molecular formula is C31H35N3O3S. The molecule has 0 radical (unpaired) electrons. The van der Waals surface area contributed by atoms with Crippen LogP contribution in [0.5, 0.6) is 0 Å². The molecule has 3 aromatic rings. The first-order chi connectivity index (χ1) is 18.3. The summed E-state index contributed by atoms with van der Waals surface area (Å²) >= 11 is 1.48. The van der Waals surface area contributed by atoms with Gasteiger partial charge in [-0.1, -0.05) is 51.8 Å². The van der Waals surface area contributed by atoms with Crippen LogP contribution in [0.4, 0.5) is 5.00 Å². The molecule has 2 aromatic heterocycles. The Bertz CT molecular complexity index is 1430. The number of aromatic nitrogens is 1. The van der Waals surface area contributed by atoms with Gasteiger partial charge in [-0.2, -0.15) is 5.26 Å². The molecule has 0 spiro atoms. The van der Waals surface area contributed by atoms with Crippen LogP contribution in [0.25, 0.3) is 10.9 Å². The molecule has 1 N–H and O–H groups in total. The molecular weight excluding hydrogens is 494 g/mol. The van der Waals surface area contributed by atoms with Gasteiger partial charge in [0.05, 0.1) is 16.6 Å². The second kappa shape index (κ2) is 10.9. The lowest BCUT2D eigenvalue weighted by Crippen LogP contribution is -2.31. The Hall–Kier alpha value is -3.24. The largest absolute Gasteiger partial charge is 0.452 e. The summed E-state index contributed by atoms with van der Waals surface area (Å²) in [6, 6.07) is 9.94. The number of nitriles is 1. The summed E-state index contributed by atoms with van der Waals surface area (Å²) in [4.78, 5) is 32.5. The lowest BCUT2D eigenvalue weighted by atomic mass is 9.68. The van der Waals surface area contributed by atoms with Crippen LogP contribution < -0.4 is 5.32 Å². The molecule has 2 aliphatic rings. The van der Waals surface area contributed by atoms with Crippen LogP contribution in [-0.2, 0) is 35.2 Å². The number of esters is 1. The van der Waals surface area contributed by atoms with Gasteiger partial charge >= 0.3 is 5.97 Å². The third-order valence-corrected chi connectivity index (χ3v) is 9.81. The average Bonchev–Trinajstić information content (AvgIpc) is 3.07. The summed E-state index contributed by atoms with van der Waals surface area (Å²) in [7, 11) is 0. The zero-order valence-corrected chi connectivity index (χ0v) is 23.3. The molecule has 2 aliphatic carbocycles. The van der Waals surface area contributed by atoms with Crippen LogP contribution in [0.15, 0.2) is 24.3 Å². The van der Waals surface area contributed by atoms with E-state index in [1.165, 1.54) is 16.2 Å². The molecule has 1 atom stereocenters. The van der Waals surface area contributed by atoms with Crippen LogP contribution >= 0.6 is 11.3 Å². The molecule has 1 unspecified atom stereocenters. The Morgan fingerprint density at radius 2 is 1.95 bits per heavy atom. The van der Waals surface area contributed by atoms with Crippen LogP contribution in [-0.4, -0.2) is 23.5 Å². The lowest BCUT2D eigenvalue weighted by Gasteiger charge is -2.37. The Balaban J connectivity index is 1.37. The van der Waals surface area contributed by atoms with Crippen molar-refractivity contribution in [1.29, 1.82) is 5.26 Å². The second-order valence-corrected chi connectivity index (χ2v) is 12.3. The molecule has 38 heavy (non-hydrogen) atoms. The van der Waals surface area contributed by atoms with Gasteiger partial charge in [0, 0.05) is 16.0 Å². The van der Waals surface area contributed by atoms with Gasteiger partial charge in [0.1, 0.15) is 11.1 Å². The number of nitrogens with zero attached hydrogens (tertiary/aromatic N) is 2. The van der Waals surface area contributed by atoms with Crippen LogP contribution in [0, 0.1) is 22.7 Å². The molecule has 1 amide bonds. The molecule has 198 valence electrons. The molecule has 7 heteroatoms. The van der Waals surface area contributed by atoms with E-state index in [0.717, 1.165) is 85.5 Å². The topological polar surface area (TPSA) is 92.1 Å². The fraction of sp³-hybridized carbons (Fsp3) is 0.484. The Morgan fingerprint density at radius 3 is 2.74 bits per heavy atom. The summed E-state index contributed by atoms with van der Waals surface area (Å²) in [6.07, 6.45) is 8.84. The number of carbonyl (C=O) groups is 2. The van der Waals surface area contributed by atoms with Crippen molar-refractivity contribution in [3.8, 4) is 6.07 Å². The maximum absolute atomic E-state index is 13.6. The number of para-hydroxylation sites is 1. The summed E-state index contributed by atoms with van der Waals surface area (Å²) in [5, 5.41) is 13.9. The minimum Gasteiger partial charge on any atom is -0.452 e. The van der Waals surface area contributed by atoms with E-state index < -0.39 is 18.5 Å². The first-order valence-electron chi connectivity index (χ1n) is 13.7. The minimum absolute atomic E-state index is 0.154. The molecule has 6 nitrogen and oxygen atoms in total. The Labute approximate surface area is 228 Å². The zero-order chi connectivity index (χ0) is 26.9. The van der Waals surface area contributed by atoms with Crippen LogP contribution in [0.3, 0.4) is 0 Å². The molecule has 0 aliphatic heterocycles. The van der Waals surface area contributed by atoms with Crippen molar-refractivity contribution in [3.63, 3.8) is 0 Å². The maximum Gasteiger partial charge on any atom is 0.339 e. The average molecular weight is 530 g/mol. The normalized spacial score (nSPS) is 17.2. The summed E-state index contributed by atoms with van der Waals surface area (Å²) in [6.45, 7) is 6.39. The van der Waals surface area contributed by atoms with Crippen LogP contribution in [0.1, 0.15) is 90.5 Å². The van der Waals surface area contributed by atoms with E-state index in [2.05, 4.69) is 32.2 Å². The van der Waals surface area contributed by atoms with E-state index in [1.54, 1.807) is 0 Å². The number of hydrogen-bond donors (Lipinski definition) is 1. The molecule has 0 saturated heterocycles. The SMILES string of the molecule is CCC(C)(C)C1CCc2nc3ccccc3c(C(=O)OCC(=O)Nc3sc4c(c3C#N)CCCCC4)c2C1. The first-order valence-corrected chi connectivity index (χ1v) is 14.6. The van der Waals surface area contributed by atoms with E-state index in [0.29, 0.717) is 22.0 Å². The molecule has 0 fully saturated rings. The number of rotatable bonds is 6. The van der Waals surface area contributed by atoms with Crippen molar-refractivity contribution in [2.75, 3.05) is 11.9 Å².